The molecule has 0 saturated carbocycles. The molecule has 0 bridgehead atoms. The number of nitrogens with one attached hydrogen (secondary N) is 2. The zero-order chi connectivity index (χ0) is 19.5. The van der Waals surface area contributed by atoms with Crippen LogP contribution in [0.25, 0.3) is 0 Å². The number of benzene rings is 1. The number of hydrogen-bond acceptors (Lipinski definition) is 5. The zero-order valence-corrected chi connectivity index (χ0v) is 15.8. The van der Waals surface area contributed by atoms with Gasteiger partial charge in [0.2, 0.25) is 0 Å². The van der Waals surface area contributed by atoms with Crippen molar-refractivity contribution >= 4 is 17.8 Å². The van der Waals surface area contributed by atoms with Gasteiger partial charge < -0.3 is 20.1 Å². The van der Waals surface area contributed by atoms with E-state index in [1.165, 1.54) is 14.0 Å². The quantitative estimate of drug-likeness (QED) is 0.485. The summed E-state index contributed by atoms with van der Waals surface area (Å²) in [6, 6.07) is 7.80. The van der Waals surface area contributed by atoms with Crippen molar-refractivity contribution in [3.63, 3.8) is 0 Å². The summed E-state index contributed by atoms with van der Waals surface area (Å²) in [5, 5.41) is 5.32. The van der Waals surface area contributed by atoms with Gasteiger partial charge in [-0.1, -0.05) is 38.5 Å². The monoisotopic (exact) mass is 364 g/mol. The van der Waals surface area contributed by atoms with E-state index in [0.717, 1.165) is 0 Å². The second-order valence-corrected chi connectivity index (χ2v) is 6.07. The van der Waals surface area contributed by atoms with E-state index in [2.05, 4.69) is 10.6 Å². The third-order valence-electron chi connectivity index (χ3n) is 4.06. The number of methoxy groups -OCH3 is 1. The average Bonchev–Trinajstić information content (AvgIpc) is 2.65. The summed E-state index contributed by atoms with van der Waals surface area (Å²) in [5.41, 5.74) is 0.457. The third-order valence-corrected chi connectivity index (χ3v) is 4.06. The zero-order valence-electron chi connectivity index (χ0n) is 15.8. The van der Waals surface area contributed by atoms with Crippen LogP contribution >= 0.6 is 0 Å². The lowest BCUT2D eigenvalue weighted by atomic mass is 9.98. The van der Waals surface area contributed by atoms with Crippen LogP contribution in [0, 0.1) is 5.92 Å². The maximum absolute atomic E-state index is 12.5. The lowest BCUT2D eigenvalue weighted by Crippen LogP contribution is -2.48. The van der Waals surface area contributed by atoms with Crippen molar-refractivity contribution in [3.8, 4) is 0 Å². The van der Waals surface area contributed by atoms with Gasteiger partial charge in [0.1, 0.15) is 6.04 Å². The van der Waals surface area contributed by atoms with Crippen LogP contribution in [-0.4, -0.2) is 50.2 Å². The second kappa shape index (κ2) is 11.3. The fourth-order valence-corrected chi connectivity index (χ4v) is 2.20. The number of rotatable bonds is 10. The number of hydrogen-bond donors (Lipinski definition) is 2. The van der Waals surface area contributed by atoms with Gasteiger partial charge in [0.05, 0.1) is 6.61 Å². The molecule has 0 aliphatic heterocycles. The summed E-state index contributed by atoms with van der Waals surface area (Å²) < 4.78 is 10.1. The van der Waals surface area contributed by atoms with E-state index in [9.17, 15) is 14.4 Å². The molecule has 0 radical (unpaired) electrons. The highest BCUT2D eigenvalue weighted by atomic mass is 16.5. The van der Waals surface area contributed by atoms with Crippen LogP contribution < -0.4 is 10.6 Å². The SMILES string of the molecule is CC[C@H](C)[C@H](NC(=O)c1ccccc1)C(=O)O[C@@H](C)C(=O)NCCOC. The van der Waals surface area contributed by atoms with Gasteiger partial charge in [0.15, 0.2) is 6.10 Å². The Bertz CT molecular complexity index is 591. The lowest BCUT2D eigenvalue weighted by molar-refractivity contribution is -0.157. The third kappa shape index (κ3) is 6.84. The lowest BCUT2D eigenvalue weighted by Gasteiger charge is -2.24. The molecule has 26 heavy (non-hydrogen) atoms. The summed E-state index contributed by atoms with van der Waals surface area (Å²) >= 11 is 0. The molecule has 144 valence electrons. The molecule has 1 aromatic carbocycles. The molecular weight excluding hydrogens is 336 g/mol. The fourth-order valence-electron chi connectivity index (χ4n) is 2.20. The highest BCUT2D eigenvalue weighted by molar-refractivity contribution is 5.97. The second-order valence-electron chi connectivity index (χ2n) is 6.07. The number of carbonyl (C=O) groups excluding carboxylic acids is 3. The molecule has 1 aromatic rings. The standard InChI is InChI=1S/C19H28N2O5/c1-5-13(2)16(21-18(23)15-9-7-6-8-10-15)19(24)26-14(3)17(22)20-11-12-25-4/h6-10,13-14,16H,5,11-12H2,1-4H3,(H,20,22)(H,21,23)/t13-,14-,16-/m0/s1. The van der Waals surface area contributed by atoms with Gasteiger partial charge in [-0.05, 0) is 25.0 Å². The predicted molar refractivity (Wildman–Crippen MR) is 97.6 cm³/mol. The van der Waals surface area contributed by atoms with Crippen LogP contribution in [0.4, 0.5) is 0 Å². The summed E-state index contributed by atoms with van der Waals surface area (Å²) in [4.78, 5) is 36.8. The summed E-state index contributed by atoms with van der Waals surface area (Å²) in [7, 11) is 1.53. The van der Waals surface area contributed by atoms with Gasteiger partial charge in [0, 0.05) is 19.2 Å². The normalized spacial score (nSPS) is 14.0. The minimum atomic E-state index is -0.959. The summed E-state index contributed by atoms with van der Waals surface area (Å²) in [6.45, 7) is 5.96. The number of esters is 1. The maximum atomic E-state index is 12.5. The average molecular weight is 364 g/mol. The van der Waals surface area contributed by atoms with Crippen molar-refractivity contribution in [2.45, 2.75) is 39.3 Å². The van der Waals surface area contributed by atoms with Crippen molar-refractivity contribution in [2.24, 2.45) is 5.92 Å². The Labute approximate surface area is 154 Å². The van der Waals surface area contributed by atoms with E-state index in [1.807, 2.05) is 13.8 Å². The van der Waals surface area contributed by atoms with Gasteiger partial charge in [-0.2, -0.15) is 0 Å². The van der Waals surface area contributed by atoms with E-state index >= 15 is 0 Å². The number of amides is 2. The Morgan fingerprint density at radius 2 is 1.77 bits per heavy atom. The maximum Gasteiger partial charge on any atom is 0.329 e. The van der Waals surface area contributed by atoms with E-state index < -0.39 is 24.0 Å². The Kier molecular flexibility index (Phi) is 9.36. The molecule has 0 heterocycles. The van der Waals surface area contributed by atoms with E-state index in [-0.39, 0.29) is 11.8 Å². The van der Waals surface area contributed by atoms with Gasteiger partial charge in [-0.3, -0.25) is 9.59 Å². The number of carbonyl (C=O) groups is 3. The van der Waals surface area contributed by atoms with E-state index in [0.29, 0.717) is 25.1 Å². The summed E-state index contributed by atoms with van der Waals surface area (Å²) in [6.07, 6.45) is -0.289. The first-order valence-electron chi connectivity index (χ1n) is 8.73. The van der Waals surface area contributed by atoms with Crippen molar-refractivity contribution in [1.29, 1.82) is 0 Å². The molecule has 2 N–H and O–H groups in total. The van der Waals surface area contributed by atoms with Crippen LogP contribution in [0.2, 0.25) is 0 Å². The van der Waals surface area contributed by atoms with Gasteiger partial charge in [0.25, 0.3) is 11.8 Å². The Hall–Kier alpha value is -2.41. The van der Waals surface area contributed by atoms with Crippen molar-refractivity contribution in [1.82, 2.24) is 10.6 Å². The topological polar surface area (TPSA) is 93.7 Å². The first-order chi connectivity index (χ1) is 12.4. The first-order valence-corrected chi connectivity index (χ1v) is 8.73. The van der Waals surface area contributed by atoms with Crippen LogP contribution in [0.1, 0.15) is 37.6 Å². The largest absolute Gasteiger partial charge is 0.451 e. The molecule has 7 heteroatoms. The molecule has 1 rings (SSSR count). The van der Waals surface area contributed by atoms with Crippen molar-refractivity contribution in [2.75, 3.05) is 20.3 Å². The van der Waals surface area contributed by atoms with Crippen LogP contribution in [-0.2, 0) is 19.1 Å². The molecule has 3 atom stereocenters. The van der Waals surface area contributed by atoms with E-state index in [1.54, 1.807) is 30.3 Å². The highest BCUT2D eigenvalue weighted by Gasteiger charge is 2.30. The fraction of sp³-hybridized carbons (Fsp3) is 0.526. The van der Waals surface area contributed by atoms with Crippen LogP contribution in [0.15, 0.2) is 30.3 Å². The van der Waals surface area contributed by atoms with Gasteiger partial charge in [-0.25, -0.2) is 4.79 Å². The van der Waals surface area contributed by atoms with Gasteiger partial charge >= 0.3 is 5.97 Å². The Morgan fingerprint density at radius 3 is 2.35 bits per heavy atom. The molecular formula is C19H28N2O5. The molecule has 7 nitrogen and oxygen atoms in total. The minimum Gasteiger partial charge on any atom is -0.451 e. The molecule has 0 aliphatic rings. The summed E-state index contributed by atoms with van der Waals surface area (Å²) in [5.74, 6) is -1.53. The molecule has 0 saturated heterocycles. The first kappa shape index (κ1) is 21.6. The Balaban J connectivity index is 2.71. The minimum absolute atomic E-state index is 0.140. The van der Waals surface area contributed by atoms with Crippen molar-refractivity contribution in [3.05, 3.63) is 35.9 Å². The number of ether oxygens (including phenoxy) is 2. The molecule has 2 amide bonds. The molecule has 0 aromatic heterocycles. The highest BCUT2D eigenvalue weighted by Crippen LogP contribution is 2.12. The molecule has 0 spiro atoms. The molecule has 0 aliphatic carbocycles. The van der Waals surface area contributed by atoms with Crippen molar-refractivity contribution < 1.29 is 23.9 Å². The molecule has 0 fully saturated rings. The molecule has 0 unspecified atom stereocenters. The van der Waals surface area contributed by atoms with Gasteiger partial charge in [-0.15, -0.1) is 0 Å². The van der Waals surface area contributed by atoms with Crippen LogP contribution in [0.3, 0.4) is 0 Å². The van der Waals surface area contributed by atoms with E-state index in [4.69, 9.17) is 9.47 Å². The van der Waals surface area contributed by atoms with Crippen LogP contribution in [0.5, 0.6) is 0 Å². The Morgan fingerprint density at radius 1 is 1.12 bits per heavy atom. The predicted octanol–water partition coefficient (Wildman–Crippen LogP) is 1.53. The smallest absolute Gasteiger partial charge is 0.329 e.